The first-order valence-electron chi connectivity index (χ1n) is 16.8. The monoisotopic (exact) mass is 636 g/mol. The zero-order valence-electron chi connectivity index (χ0n) is 27.0. The third kappa shape index (κ3) is 4.39. The van der Waals surface area contributed by atoms with Crippen LogP contribution in [0, 0.1) is 0 Å². The lowest BCUT2D eigenvalue weighted by Crippen LogP contribution is -1.93. The van der Waals surface area contributed by atoms with E-state index >= 15 is 0 Å². The number of benzene rings is 6. The van der Waals surface area contributed by atoms with Crippen molar-refractivity contribution in [1.82, 2.24) is 19.9 Å². The molecule has 4 nitrogen and oxygen atoms in total. The molecule has 0 fully saturated rings. The molecular weight excluding hydrogens is 609 g/mol. The molecule has 4 heteroatoms. The number of hydrogen-bond acceptors (Lipinski definition) is 4. The fraction of sp³-hybridized carbons (Fsp3) is 0. The highest BCUT2D eigenvalue weighted by molar-refractivity contribution is 6.28. The van der Waals surface area contributed by atoms with Gasteiger partial charge in [0.2, 0.25) is 0 Å². The van der Waals surface area contributed by atoms with E-state index in [1.54, 1.807) is 6.20 Å². The van der Waals surface area contributed by atoms with Crippen LogP contribution in [0.4, 0.5) is 0 Å². The molecule has 0 saturated carbocycles. The molecule has 0 unspecified atom stereocenters. The summed E-state index contributed by atoms with van der Waals surface area (Å²) in [5, 5.41) is 4.89. The van der Waals surface area contributed by atoms with Crippen LogP contribution in [0.1, 0.15) is 0 Å². The van der Waals surface area contributed by atoms with E-state index in [0.29, 0.717) is 5.82 Å². The number of aromatic nitrogens is 4. The van der Waals surface area contributed by atoms with Crippen molar-refractivity contribution in [2.75, 3.05) is 0 Å². The Kier molecular flexibility index (Phi) is 6.46. The molecule has 1 aliphatic rings. The topological polar surface area (TPSA) is 51.6 Å². The molecule has 0 spiro atoms. The Morgan fingerprint density at radius 2 is 0.860 bits per heavy atom. The molecule has 6 aromatic carbocycles. The van der Waals surface area contributed by atoms with Gasteiger partial charge in [0.25, 0.3) is 0 Å². The van der Waals surface area contributed by atoms with Crippen LogP contribution in [0.25, 0.3) is 100.0 Å². The molecule has 232 valence electrons. The minimum absolute atomic E-state index is 0.697. The number of nitrogens with zero attached hydrogens (tertiary/aromatic N) is 4. The second kappa shape index (κ2) is 11.4. The lowest BCUT2D eigenvalue weighted by atomic mass is 9.82. The van der Waals surface area contributed by atoms with E-state index < -0.39 is 0 Å². The summed E-state index contributed by atoms with van der Waals surface area (Å²) in [7, 11) is 0. The molecule has 3 heterocycles. The number of hydrogen-bond donors (Lipinski definition) is 0. The molecule has 10 rings (SSSR count). The first kappa shape index (κ1) is 28.3. The van der Waals surface area contributed by atoms with Crippen molar-refractivity contribution in [1.29, 1.82) is 0 Å². The molecule has 9 aromatic rings. The fourth-order valence-corrected chi connectivity index (χ4v) is 7.65. The van der Waals surface area contributed by atoms with E-state index in [0.717, 1.165) is 33.5 Å². The van der Waals surface area contributed by atoms with Crippen molar-refractivity contribution < 1.29 is 0 Å². The Morgan fingerprint density at radius 3 is 1.48 bits per heavy atom. The van der Waals surface area contributed by atoms with Gasteiger partial charge in [0.15, 0.2) is 5.82 Å². The Bertz CT molecular complexity index is 2610. The Balaban J connectivity index is 1.15. The van der Waals surface area contributed by atoms with Gasteiger partial charge < -0.3 is 0 Å². The lowest BCUT2D eigenvalue weighted by molar-refractivity contribution is 1.18. The zero-order chi connectivity index (χ0) is 33.0. The third-order valence-electron chi connectivity index (χ3n) is 9.84. The second-order valence-electron chi connectivity index (χ2n) is 12.6. The van der Waals surface area contributed by atoms with Crippen molar-refractivity contribution in [3.63, 3.8) is 0 Å². The molecule has 0 bridgehead atoms. The maximum atomic E-state index is 4.91. The molecule has 0 radical (unpaired) electrons. The normalized spacial score (nSPS) is 11.6. The molecule has 3 aromatic heterocycles. The van der Waals surface area contributed by atoms with Gasteiger partial charge in [-0.1, -0.05) is 121 Å². The summed E-state index contributed by atoms with van der Waals surface area (Å²) in [6, 6.07) is 51.5. The van der Waals surface area contributed by atoms with Crippen molar-refractivity contribution in [3.8, 4) is 78.4 Å². The van der Waals surface area contributed by atoms with Gasteiger partial charge in [-0.15, -0.1) is 0 Å². The first-order valence-corrected chi connectivity index (χ1v) is 16.8. The predicted octanol–water partition coefficient (Wildman–Crippen LogP) is 11.6. The summed E-state index contributed by atoms with van der Waals surface area (Å²) in [4.78, 5) is 18.9. The average Bonchev–Trinajstić information content (AvgIpc) is 3.53. The maximum Gasteiger partial charge on any atom is 0.159 e. The largest absolute Gasteiger partial charge is 0.255 e. The molecule has 0 aliphatic heterocycles. The highest BCUT2D eigenvalue weighted by Gasteiger charge is 2.31. The van der Waals surface area contributed by atoms with Crippen LogP contribution in [0.5, 0.6) is 0 Å². The molecule has 0 saturated heterocycles. The van der Waals surface area contributed by atoms with Crippen molar-refractivity contribution in [2.24, 2.45) is 0 Å². The Morgan fingerprint density at radius 1 is 0.300 bits per heavy atom. The fourth-order valence-electron chi connectivity index (χ4n) is 7.65. The highest BCUT2D eigenvalue weighted by Crippen LogP contribution is 2.58. The van der Waals surface area contributed by atoms with E-state index in [1.807, 2.05) is 48.9 Å². The van der Waals surface area contributed by atoms with Crippen LogP contribution in [0.15, 0.2) is 170 Å². The number of fused-ring (bicyclic) bond motifs is 4. The molecule has 0 atom stereocenters. The van der Waals surface area contributed by atoms with E-state index in [2.05, 4.69) is 125 Å². The summed E-state index contributed by atoms with van der Waals surface area (Å²) < 4.78 is 0. The van der Waals surface area contributed by atoms with E-state index in [9.17, 15) is 0 Å². The van der Waals surface area contributed by atoms with Gasteiger partial charge in [-0.3, -0.25) is 9.97 Å². The third-order valence-corrected chi connectivity index (χ3v) is 9.84. The predicted molar refractivity (Wildman–Crippen MR) is 204 cm³/mol. The van der Waals surface area contributed by atoms with Gasteiger partial charge in [-0.25, -0.2) is 9.97 Å². The minimum atomic E-state index is 0.697. The van der Waals surface area contributed by atoms with Gasteiger partial charge in [0.1, 0.15) is 0 Å². The summed E-state index contributed by atoms with van der Waals surface area (Å²) >= 11 is 0. The molecule has 1 aliphatic carbocycles. The Labute approximate surface area is 289 Å². The van der Waals surface area contributed by atoms with Crippen LogP contribution >= 0.6 is 0 Å². The molecule has 0 N–H and O–H groups in total. The second-order valence-corrected chi connectivity index (χ2v) is 12.6. The van der Waals surface area contributed by atoms with Crippen LogP contribution in [-0.4, -0.2) is 19.9 Å². The zero-order valence-corrected chi connectivity index (χ0v) is 27.0. The molecule has 0 amide bonds. The number of pyridine rings is 2. The summed E-state index contributed by atoms with van der Waals surface area (Å²) in [6.45, 7) is 0. The number of rotatable bonds is 5. The average molecular weight is 637 g/mol. The lowest BCUT2D eigenvalue weighted by Gasteiger charge is -2.20. The summed E-state index contributed by atoms with van der Waals surface area (Å²) in [5.41, 5.74) is 14.6. The SMILES string of the molecule is c1ccc(-c2c3c(c(-c4ccccc4)c4ccccc24)-c2ccc(-c4ncc(-c5ccc(-c6ccccn6)nc5)cn4)c4cccc-3c24)cc1. The van der Waals surface area contributed by atoms with E-state index in [1.165, 1.54) is 60.7 Å². The van der Waals surface area contributed by atoms with Gasteiger partial charge in [-0.05, 0) is 90.3 Å². The molecule has 50 heavy (non-hydrogen) atoms. The van der Waals surface area contributed by atoms with Crippen LogP contribution in [-0.2, 0) is 0 Å². The smallest absolute Gasteiger partial charge is 0.159 e. The standard InChI is InChI=1S/C46H28N4/c1-3-12-29(13-4-1)41-33-16-7-8-17-34(33)42(30-14-5-2-6-15-30)45-38-23-22-36(35-18-11-19-37(43(35)38)44(41)45)46-49-27-32(28-50-46)31-21-24-40(48-26-31)39-20-9-10-25-47-39/h1-28H. The van der Waals surface area contributed by atoms with Crippen molar-refractivity contribution in [2.45, 2.75) is 0 Å². The van der Waals surface area contributed by atoms with Gasteiger partial charge in [0.05, 0.1) is 11.4 Å². The minimum Gasteiger partial charge on any atom is -0.255 e. The molecular formula is C46H28N4. The Hall–Kier alpha value is -6.78. The van der Waals surface area contributed by atoms with E-state index in [-0.39, 0.29) is 0 Å². The first-order chi connectivity index (χ1) is 24.8. The van der Waals surface area contributed by atoms with Gasteiger partial charge in [0, 0.05) is 41.5 Å². The van der Waals surface area contributed by atoms with Crippen LogP contribution in [0.2, 0.25) is 0 Å². The maximum absolute atomic E-state index is 4.91. The highest BCUT2D eigenvalue weighted by atomic mass is 14.9. The quantitative estimate of drug-likeness (QED) is 0.189. The summed E-state index contributed by atoms with van der Waals surface area (Å²) in [5.74, 6) is 0.697. The summed E-state index contributed by atoms with van der Waals surface area (Å²) in [6.07, 6.45) is 7.43. The van der Waals surface area contributed by atoms with Crippen molar-refractivity contribution in [3.05, 3.63) is 170 Å². The van der Waals surface area contributed by atoms with Gasteiger partial charge in [-0.2, -0.15) is 0 Å². The van der Waals surface area contributed by atoms with Crippen LogP contribution < -0.4 is 0 Å². The van der Waals surface area contributed by atoms with Crippen LogP contribution in [0.3, 0.4) is 0 Å². The van der Waals surface area contributed by atoms with E-state index in [4.69, 9.17) is 9.97 Å². The van der Waals surface area contributed by atoms with Crippen molar-refractivity contribution >= 4 is 21.5 Å². The van der Waals surface area contributed by atoms with Gasteiger partial charge >= 0.3 is 0 Å².